The van der Waals surface area contributed by atoms with E-state index in [2.05, 4.69) is 32.9 Å². The third-order valence-electron chi connectivity index (χ3n) is 3.36. The minimum Gasteiger partial charge on any atom is -0.367 e. The van der Waals surface area contributed by atoms with E-state index in [-0.39, 0.29) is 17.9 Å². The third-order valence-corrected chi connectivity index (χ3v) is 3.94. The van der Waals surface area contributed by atoms with Gasteiger partial charge in [0.25, 0.3) is 0 Å². The van der Waals surface area contributed by atoms with E-state index in [9.17, 15) is 4.79 Å². The molecule has 2 heterocycles. The predicted molar refractivity (Wildman–Crippen MR) is 76.5 cm³/mol. The average Bonchev–Trinajstić information content (AvgIpc) is 2.80. The normalized spacial score (nSPS) is 21.0. The Hall–Kier alpha value is -0.720. The van der Waals surface area contributed by atoms with E-state index in [1.807, 2.05) is 13.8 Å². The number of ether oxygens (including phenoxy) is 1. The Morgan fingerprint density at radius 2 is 2.37 bits per heavy atom. The maximum Gasteiger partial charge on any atom is 0.211 e. The summed E-state index contributed by atoms with van der Waals surface area (Å²) in [5, 5.41) is 4.25. The number of carbonyl (C=O) groups excluding carboxylic acids is 1. The van der Waals surface area contributed by atoms with Crippen LogP contribution in [-0.2, 0) is 4.74 Å². The molecule has 106 valence electrons. The highest BCUT2D eigenvalue weighted by Crippen LogP contribution is 2.23. The molecule has 1 aliphatic heterocycles. The van der Waals surface area contributed by atoms with Gasteiger partial charge in [0.2, 0.25) is 5.78 Å². The van der Waals surface area contributed by atoms with Gasteiger partial charge in [-0.1, -0.05) is 6.92 Å². The molecule has 0 radical (unpaired) electrons. The van der Waals surface area contributed by atoms with Crippen LogP contribution >= 0.6 is 15.9 Å². The molecule has 1 saturated heterocycles. The molecule has 1 aromatic heterocycles. The summed E-state index contributed by atoms with van der Waals surface area (Å²) >= 11 is 3.41. The van der Waals surface area contributed by atoms with Gasteiger partial charge in [-0.05, 0) is 36.3 Å². The number of aromatic nitrogens is 2. The van der Waals surface area contributed by atoms with Crippen LogP contribution in [0.2, 0.25) is 0 Å². The molecule has 0 amide bonds. The Bertz CT molecular complexity index is 459. The number of hydrogen-bond acceptors (Lipinski definition) is 4. The summed E-state index contributed by atoms with van der Waals surface area (Å²) in [5.74, 6) is 0.0104. The van der Waals surface area contributed by atoms with Crippen molar-refractivity contribution in [2.24, 2.45) is 0 Å². The molecule has 0 aromatic carbocycles. The molecule has 1 fully saturated rings. The number of rotatable bonds is 4. The van der Waals surface area contributed by atoms with Gasteiger partial charge in [0.1, 0.15) is 11.8 Å². The van der Waals surface area contributed by atoms with E-state index < -0.39 is 0 Å². The first-order valence-corrected chi connectivity index (χ1v) is 7.45. The molecule has 1 aromatic rings. The standard InChI is InChI=1S/C13H20BrN3O2/c1-4-16-5-6-19-11(8-16)13(18)12-10(14)7-15-17(12)9(2)3/h7,9,11H,4-6,8H2,1-3H3. The first kappa shape index (κ1) is 14.7. The quantitative estimate of drug-likeness (QED) is 0.794. The molecule has 0 saturated carbocycles. The summed E-state index contributed by atoms with van der Waals surface area (Å²) in [6, 6.07) is 0.149. The summed E-state index contributed by atoms with van der Waals surface area (Å²) in [5.41, 5.74) is 0.609. The minimum atomic E-state index is -0.390. The zero-order chi connectivity index (χ0) is 14.0. The number of nitrogens with zero attached hydrogens (tertiary/aromatic N) is 3. The highest BCUT2D eigenvalue weighted by Gasteiger charge is 2.31. The Kier molecular flexibility index (Phi) is 4.76. The Morgan fingerprint density at radius 1 is 1.63 bits per heavy atom. The van der Waals surface area contributed by atoms with Crippen molar-refractivity contribution in [2.75, 3.05) is 26.2 Å². The number of halogens is 1. The zero-order valence-corrected chi connectivity index (χ0v) is 13.2. The maximum atomic E-state index is 12.6. The Labute approximate surface area is 122 Å². The molecule has 1 unspecified atom stereocenters. The third kappa shape index (κ3) is 3.07. The summed E-state index contributed by atoms with van der Waals surface area (Å²) in [6.07, 6.45) is 1.28. The summed E-state index contributed by atoms with van der Waals surface area (Å²) in [7, 11) is 0. The molecule has 1 atom stereocenters. The van der Waals surface area contributed by atoms with E-state index in [0.717, 1.165) is 17.6 Å². The molecule has 1 aliphatic rings. The fraction of sp³-hybridized carbons (Fsp3) is 0.692. The van der Waals surface area contributed by atoms with Crippen molar-refractivity contribution in [3.63, 3.8) is 0 Å². The first-order valence-electron chi connectivity index (χ1n) is 6.65. The van der Waals surface area contributed by atoms with Gasteiger partial charge in [-0.2, -0.15) is 5.10 Å². The molecular weight excluding hydrogens is 310 g/mol. The highest BCUT2D eigenvalue weighted by molar-refractivity contribution is 9.10. The van der Waals surface area contributed by atoms with Crippen LogP contribution in [0.4, 0.5) is 0 Å². The van der Waals surface area contributed by atoms with Crippen molar-refractivity contribution in [1.29, 1.82) is 0 Å². The number of likely N-dealkylation sites (N-methyl/N-ethyl adjacent to an activating group) is 1. The molecule has 0 spiro atoms. The van der Waals surface area contributed by atoms with Crippen LogP contribution in [0.5, 0.6) is 0 Å². The van der Waals surface area contributed by atoms with Crippen molar-refractivity contribution in [1.82, 2.24) is 14.7 Å². The lowest BCUT2D eigenvalue weighted by Gasteiger charge is -2.31. The molecule has 0 bridgehead atoms. The monoisotopic (exact) mass is 329 g/mol. The molecule has 2 rings (SSSR count). The van der Waals surface area contributed by atoms with Gasteiger partial charge < -0.3 is 4.74 Å². The van der Waals surface area contributed by atoms with E-state index >= 15 is 0 Å². The van der Waals surface area contributed by atoms with Crippen LogP contribution in [-0.4, -0.2) is 52.8 Å². The number of ketones is 1. The van der Waals surface area contributed by atoms with E-state index in [4.69, 9.17) is 4.74 Å². The Morgan fingerprint density at radius 3 is 3.00 bits per heavy atom. The molecular formula is C13H20BrN3O2. The molecule has 0 N–H and O–H groups in total. The smallest absolute Gasteiger partial charge is 0.211 e. The molecule has 19 heavy (non-hydrogen) atoms. The molecule has 5 nitrogen and oxygen atoms in total. The second-order valence-electron chi connectivity index (χ2n) is 5.00. The van der Waals surface area contributed by atoms with E-state index in [1.54, 1.807) is 10.9 Å². The maximum absolute atomic E-state index is 12.6. The van der Waals surface area contributed by atoms with E-state index in [1.165, 1.54) is 0 Å². The van der Waals surface area contributed by atoms with Gasteiger partial charge >= 0.3 is 0 Å². The van der Waals surface area contributed by atoms with Crippen LogP contribution in [0.25, 0.3) is 0 Å². The van der Waals surface area contributed by atoms with Crippen LogP contribution in [0, 0.1) is 0 Å². The van der Waals surface area contributed by atoms with Gasteiger partial charge in [0, 0.05) is 19.1 Å². The lowest BCUT2D eigenvalue weighted by molar-refractivity contribution is -0.0154. The largest absolute Gasteiger partial charge is 0.367 e. The molecule has 0 aliphatic carbocycles. The first-order chi connectivity index (χ1) is 9.04. The minimum absolute atomic E-state index is 0.0104. The average molecular weight is 330 g/mol. The van der Waals surface area contributed by atoms with Gasteiger partial charge in [-0.25, -0.2) is 0 Å². The van der Waals surface area contributed by atoms with Gasteiger partial charge in [-0.15, -0.1) is 0 Å². The van der Waals surface area contributed by atoms with Gasteiger partial charge in [0.15, 0.2) is 0 Å². The van der Waals surface area contributed by atoms with Crippen molar-refractivity contribution in [3.05, 3.63) is 16.4 Å². The zero-order valence-electron chi connectivity index (χ0n) is 11.6. The topological polar surface area (TPSA) is 47.4 Å². The summed E-state index contributed by atoms with van der Waals surface area (Å²) < 4.78 is 8.12. The predicted octanol–water partition coefficient (Wildman–Crippen LogP) is 2.13. The lowest BCUT2D eigenvalue weighted by atomic mass is 10.1. The van der Waals surface area contributed by atoms with Crippen LogP contribution < -0.4 is 0 Å². The van der Waals surface area contributed by atoms with Crippen LogP contribution in [0.15, 0.2) is 10.7 Å². The van der Waals surface area contributed by atoms with Gasteiger partial charge in [0.05, 0.1) is 17.3 Å². The SMILES string of the molecule is CCN1CCOC(C(=O)c2c(Br)cnn2C(C)C)C1. The molecule has 6 heteroatoms. The van der Waals surface area contributed by atoms with E-state index in [0.29, 0.717) is 18.8 Å². The van der Waals surface area contributed by atoms with Crippen molar-refractivity contribution in [3.8, 4) is 0 Å². The second kappa shape index (κ2) is 6.15. The summed E-state index contributed by atoms with van der Waals surface area (Å²) in [4.78, 5) is 14.9. The highest BCUT2D eigenvalue weighted by atomic mass is 79.9. The second-order valence-corrected chi connectivity index (χ2v) is 5.85. The fourth-order valence-corrected chi connectivity index (χ4v) is 2.73. The van der Waals surface area contributed by atoms with Crippen LogP contribution in [0.1, 0.15) is 37.3 Å². The van der Waals surface area contributed by atoms with Gasteiger partial charge in [-0.3, -0.25) is 14.4 Å². The Balaban J connectivity index is 2.21. The lowest BCUT2D eigenvalue weighted by Crippen LogP contribution is -2.46. The van der Waals surface area contributed by atoms with Crippen molar-refractivity contribution >= 4 is 21.7 Å². The summed E-state index contributed by atoms with van der Waals surface area (Å²) in [6.45, 7) is 9.22. The number of carbonyl (C=O) groups is 1. The number of morpholine rings is 1. The van der Waals surface area contributed by atoms with Crippen molar-refractivity contribution < 1.29 is 9.53 Å². The fourth-order valence-electron chi connectivity index (χ4n) is 2.26. The number of Topliss-reactive ketones (excluding diaryl/α,β-unsaturated/α-hetero) is 1. The number of hydrogen-bond donors (Lipinski definition) is 0. The van der Waals surface area contributed by atoms with Crippen LogP contribution in [0.3, 0.4) is 0 Å². The van der Waals surface area contributed by atoms with Crippen molar-refractivity contribution in [2.45, 2.75) is 32.9 Å².